The first-order chi connectivity index (χ1) is 17.2. The van der Waals surface area contributed by atoms with Gasteiger partial charge < -0.3 is 33.7 Å². The summed E-state index contributed by atoms with van der Waals surface area (Å²) in [6, 6.07) is 8.51. The van der Waals surface area contributed by atoms with E-state index in [2.05, 4.69) is 10.3 Å². The molecule has 1 saturated heterocycles. The van der Waals surface area contributed by atoms with Gasteiger partial charge in [-0.3, -0.25) is 4.98 Å². The first kappa shape index (κ1) is 27.2. The van der Waals surface area contributed by atoms with E-state index in [0.717, 1.165) is 26.1 Å². The first-order valence-corrected chi connectivity index (χ1v) is 11.9. The number of ether oxygens (including phenoxy) is 6. The Morgan fingerprint density at radius 3 is 2.44 bits per heavy atom. The molecule has 10 nitrogen and oxygen atoms in total. The average molecular weight is 503 g/mol. The van der Waals surface area contributed by atoms with Crippen LogP contribution < -0.4 is 14.8 Å². The number of carbonyl (C=O) groups excluding carboxylic acids is 2. The molecule has 10 heteroatoms. The molecule has 0 radical (unpaired) electrons. The predicted octanol–water partition coefficient (Wildman–Crippen LogP) is 4.26. The Hall–Kier alpha value is -3.37. The van der Waals surface area contributed by atoms with E-state index in [9.17, 15) is 9.59 Å². The number of aromatic nitrogens is 1. The van der Waals surface area contributed by atoms with Crippen LogP contribution in [0.3, 0.4) is 0 Å². The highest BCUT2D eigenvalue weighted by molar-refractivity contribution is 5.92. The van der Waals surface area contributed by atoms with Crippen molar-refractivity contribution >= 4 is 12.1 Å². The van der Waals surface area contributed by atoms with E-state index in [4.69, 9.17) is 28.4 Å². The molecule has 1 aliphatic rings. The van der Waals surface area contributed by atoms with E-state index < -0.39 is 17.7 Å². The first-order valence-electron chi connectivity index (χ1n) is 11.9. The highest BCUT2D eigenvalue weighted by atomic mass is 16.6. The number of hydrogen-bond acceptors (Lipinski definition) is 9. The van der Waals surface area contributed by atoms with Gasteiger partial charge in [0, 0.05) is 13.2 Å². The molecule has 1 aliphatic heterocycles. The summed E-state index contributed by atoms with van der Waals surface area (Å²) in [5, 5.41) is 2.61. The van der Waals surface area contributed by atoms with E-state index in [1.54, 1.807) is 45.0 Å². The van der Waals surface area contributed by atoms with Crippen LogP contribution in [0.4, 0.5) is 4.79 Å². The molecule has 1 aromatic heterocycles. The molecule has 0 atom stereocenters. The zero-order valence-corrected chi connectivity index (χ0v) is 21.2. The number of methoxy groups -OCH3 is 1. The Morgan fingerprint density at radius 2 is 1.78 bits per heavy atom. The van der Waals surface area contributed by atoms with Gasteiger partial charge in [-0.15, -0.1) is 0 Å². The number of hydrogen-bond donors (Lipinski definition) is 1. The van der Waals surface area contributed by atoms with Crippen LogP contribution in [0.2, 0.25) is 0 Å². The Labute approximate surface area is 211 Å². The highest BCUT2D eigenvalue weighted by Crippen LogP contribution is 2.27. The summed E-state index contributed by atoms with van der Waals surface area (Å²) >= 11 is 0. The molecule has 1 fully saturated rings. The molecule has 36 heavy (non-hydrogen) atoms. The van der Waals surface area contributed by atoms with Gasteiger partial charge in [0.25, 0.3) is 0 Å². The van der Waals surface area contributed by atoms with E-state index in [1.807, 2.05) is 0 Å². The van der Waals surface area contributed by atoms with Crippen LogP contribution in [0.25, 0.3) is 0 Å². The van der Waals surface area contributed by atoms with Gasteiger partial charge in [-0.05, 0) is 63.9 Å². The molecule has 1 amide bonds. The number of amides is 1. The Balaban J connectivity index is 1.55. The van der Waals surface area contributed by atoms with Crippen LogP contribution in [-0.2, 0) is 25.5 Å². The Kier molecular flexibility index (Phi) is 9.89. The average Bonchev–Trinajstić information content (AvgIpc) is 2.86. The fraction of sp³-hybridized carbons (Fsp3) is 0.500. The second-order valence-electron chi connectivity index (χ2n) is 9.12. The zero-order chi connectivity index (χ0) is 26.0. The lowest BCUT2D eigenvalue weighted by atomic mass is 10.2. The number of pyridine rings is 1. The fourth-order valence-corrected chi connectivity index (χ4v) is 3.36. The van der Waals surface area contributed by atoms with Crippen molar-refractivity contribution in [2.24, 2.45) is 0 Å². The van der Waals surface area contributed by atoms with Gasteiger partial charge in [-0.2, -0.15) is 0 Å². The van der Waals surface area contributed by atoms with Gasteiger partial charge in [-0.25, -0.2) is 9.59 Å². The minimum Gasteiger partial charge on any atom is -0.491 e. The number of nitrogens with one attached hydrogen (secondary N) is 1. The van der Waals surface area contributed by atoms with E-state index in [0.29, 0.717) is 30.4 Å². The maximum absolute atomic E-state index is 12.3. The second kappa shape index (κ2) is 13.1. The number of benzene rings is 1. The summed E-state index contributed by atoms with van der Waals surface area (Å²) in [5.74, 6) is 0.803. The molecule has 0 spiro atoms. The van der Waals surface area contributed by atoms with Crippen molar-refractivity contribution in [3.05, 3.63) is 47.8 Å². The zero-order valence-electron chi connectivity index (χ0n) is 21.2. The molecular weight excluding hydrogens is 468 g/mol. The van der Waals surface area contributed by atoms with Crippen LogP contribution in [0.1, 0.15) is 49.7 Å². The number of esters is 1. The Bertz CT molecular complexity index is 998. The largest absolute Gasteiger partial charge is 0.491 e. The van der Waals surface area contributed by atoms with Crippen molar-refractivity contribution in [3.8, 4) is 17.2 Å². The number of carbonyl (C=O) groups is 2. The number of nitrogens with zero attached hydrogens (tertiary/aromatic N) is 1. The van der Waals surface area contributed by atoms with Crippen molar-refractivity contribution in [2.75, 3.05) is 33.5 Å². The van der Waals surface area contributed by atoms with E-state index in [1.165, 1.54) is 19.4 Å². The molecular formula is C26H34N2O8. The van der Waals surface area contributed by atoms with Crippen LogP contribution in [0.15, 0.2) is 36.5 Å². The summed E-state index contributed by atoms with van der Waals surface area (Å²) in [4.78, 5) is 28.5. The molecule has 1 N–H and O–H groups in total. The van der Waals surface area contributed by atoms with E-state index >= 15 is 0 Å². The SMILES string of the molecule is COC(=O)c1cc(CNC(=O)OC(C)(C)C)ncc1Oc1ccc(OCCOC2CCOCC2)cc1. The summed E-state index contributed by atoms with van der Waals surface area (Å²) < 4.78 is 32.8. The number of rotatable bonds is 10. The van der Waals surface area contributed by atoms with Gasteiger partial charge >= 0.3 is 12.1 Å². The molecule has 0 saturated carbocycles. The lowest BCUT2D eigenvalue weighted by molar-refractivity contribution is -0.0388. The van der Waals surface area contributed by atoms with Crippen LogP contribution >= 0.6 is 0 Å². The molecule has 2 aromatic rings. The van der Waals surface area contributed by atoms with Crippen molar-refractivity contribution in [1.82, 2.24) is 10.3 Å². The molecule has 3 rings (SSSR count). The Morgan fingerprint density at radius 1 is 1.08 bits per heavy atom. The molecule has 0 unspecified atom stereocenters. The maximum atomic E-state index is 12.3. The minimum atomic E-state index is -0.620. The van der Waals surface area contributed by atoms with Crippen LogP contribution in [0.5, 0.6) is 17.2 Å². The van der Waals surface area contributed by atoms with Crippen molar-refractivity contribution in [2.45, 2.75) is 51.9 Å². The van der Waals surface area contributed by atoms with Crippen molar-refractivity contribution in [1.29, 1.82) is 0 Å². The quantitative estimate of drug-likeness (QED) is 0.376. The third kappa shape index (κ3) is 9.01. The molecule has 2 heterocycles. The number of alkyl carbamates (subject to hydrolysis) is 1. The second-order valence-corrected chi connectivity index (χ2v) is 9.12. The predicted molar refractivity (Wildman–Crippen MR) is 130 cm³/mol. The van der Waals surface area contributed by atoms with Gasteiger partial charge in [0.2, 0.25) is 0 Å². The summed E-state index contributed by atoms with van der Waals surface area (Å²) in [7, 11) is 1.28. The summed E-state index contributed by atoms with van der Waals surface area (Å²) in [5.41, 5.74) is 0.00493. The molecule has 196 valence electrons. The molecule has 1 aromatic carbocycles. The van der Waals surface area contributed by atoms with Crippen molar-refractivity contribution < 1.29 is 38.0 Å². The standard InChI is InChI=1S/C26H34N2O8/c1-26(2,3)36-25(30)28-16-18-15-22(24(29)31-4)23(17-27-18)35-21-7-5-19(6-8-21)33-13-14-34-20-9-11-32-12-10-20/h5-8,15,17,20H,9-14,16H2,1-4H3,(H,28,30). The lowest BCUT2D eigenvalue weighted by Gasteiger charge is -2.22. The monoisotopic (exact) mass is 502 g/mol. The third-order valence-corrected chi connectivity index (χ3v) is 5.07. The topological polar surface area (TPSA) is 114 Å². The summed E-state index contributed by atoms with van der Waals surface area (Å²) in [6.07, 6.45) is 2.89. The third-order valence-electron chi connectivity index (χ3n) is 5.07. The summed E-state index contributed by atoms with van der Waals surface area (Å²) in [6.45, 7) is 7.82. The van der Waals surface area contributed by atoms with Crippen LogP contribution in [0, 0.1) is 0 Å². The highest BCUT2D eigenvalue weighted by Gasteiger charge is 2.19. The van der Waals surface area contributed by atoms with Crippen LogP contribution in [-0.4, -0.2) is 62.3 Å². The molecule has 0 bridgehead atoms. The van der Waals surface area contributed by atoms with Gasteiger partial charge in [0.1, 0.15) is 29.3 Å². The van der Waals surface area contributed by atoms with E-state index in [-0.39, 0.29) is 24.0 Å². The van der Waals surface area contributed by atoms with Crippen molar-refractivity contribution in [3.63, 3.8) is 0 Å². The fourth-order valence-electron chi connectivity index (χ4n) is 3.36. The normalized spacial score (nSPS) is 14.1. The maximum Gasteiger partial charge on any atom is 0.407 e. The van der Waals surface area contributed by atoms with Gasteiger partial charge in [0.15, 0.2) is 5.75 Å². The van der Waals surface area contributed by atoms with Gasteiger partial charge in [-0.1, -0.05) is 0 Å². The lowest BCUT2D eigenvalue weighted by Crippen LogP contribution is -2.32. The molecule has 0 aliphatic carbocycles. The minimum absolute atomic E-state index is 0.0729. The van der Waals surface area contributed by atoms with Gasteiger partial charge in [0.05, 0.1) is 38.3 Å². The smallest absolute Gasteiger partial charge is 0.407 e.